The van der Waals surface area contributed by atoms with Gasteiger partial charge in [0.15, 0.2) is 0 Å². The third-order valence-electron chi connectivity index (χ3n) is 2.40. The zero-order valence-electron chi connectivity index (χ0n) is 11.9. The number of nitrogens with one attached hydrogen (secondary N) is 2. The molecular formula is C11H16N4O6S2. The first-order chi connectivity index (χ1) is 10.8. The molecule has 0 aromatic carbocycles. The lowest BCUT2D eigenvalue weighted by Gasteiger charge is -2.17. The minimum Gasteiger partial charge on any atom is -0.480 e. The molecule has 0 aliphatic heterocycles. The van der Waals surface area contributed by atoms with Crippen LogP contribution < -0.4 is 16.4 Å². The third-order valence-corrected chi connectivity index (χ3v) is 4.04. The average molecular weight is 364 g/mol. The number of carboxylic acid groups (broad SMARTS) is 2. The quantitative estimate of drug-likeness (QED) is 0.168. The number of thiocyanates is 1. The van der Waals surface area contributed by atoms with E-state index in [0.29, 0.717) is 0 Å². The Morgan fingerprint density at radius 1 is 1.26 bits per heavy atom. The first kappa shape index (κ1) is 21.0. The minimum atomic E-state index is -1.24. The van der Waals surface area contributed by atoms with E-state index in [4.69, 9.17) is 21.2 Å². The van der Waals surface area contributed by atoms with Crippen molar-refractivity contribution in [2.24, 2.45) is 5.73 Å². The predicted octanol–water partition coefficient (Wildman–Crippen LogP) is -1.27. The molecule has 0 saturated carbocycles. The van der Waals surface area contributed by atoms with Gasteiger partial charge in [-0.15, -0.1) is 0 Å². The van der Waals surface area contributed by atoms with E-state index >= 15 is 0 Å². The SMILES string of the molecule is N#CSSC[C@H](NC(=O)CC[C@H](N)C(=O)O)C(=O)NCC(=O)O. The molecule has 0 rings (SSSR count). The van der Waals surface area contributed by atoms with E-state index in [2.05, 4.69) is 10.6 Å². The van der Waals surface area contributed by atoms with Crippen LogP contribution in [0.25, 0.3) is 0 Å². The summed E-state index contributed by atoms with van der Waals surface area (Å²) in [5, 5.41) is 31.8. The predicted molar refractivity (Wildman–Crippen MR) is 83.1 cm³/mol. The number of hydrogen-bond acceptors (Lipinski definition) is 8. The molecule has 0 aromatic heterocycles. The molecular weight excluding hydrogens is 348 g/mol. The molecule has 128 valence electrons. The van der Waals surface area contributed by atoms with Gasteiger partial charge in [0.05, 0.1) is 0 Å². The normalized spacial score (nSPS) is 12.5. The Labute approximate surface area is 139 Å². The van der Waals surface area contributed by atoms with Crippen molar-refractivity contribution in [3.05, 3.63) is 0 Å². The van der Waals surface area contributed by atoms with Gasteiger partial charge in [-0.2, -0.15) is 5.26 Å². The van der Waals surface area contributed by atoms with Gasteiger partial charge in [-0.25, -0.2) is 0 Å². The second-order valence-corrected chi connectivity index (χ2v) is 6.30. The Morgan fingerprint density at radius 3 is 2.43 bits per heavy atom. The van der Waals surface area contributed by atoms with E-state index in [1.54, 1.807) is 5.40 Å². The van der Waals surface area contributed by atoms with E-state index in [0.717, 1.165) is 21.6 Å². The molecule has 0 spiro atoms. The van der Waals surface area contributed by atoms with E-state index in [1.807, 2.05) is 0 Å². The number of hydrogen-bond donors (Lipinski definition) is 5. The summed E-state index contributed by atoms with van der Waals surface area (Å²) in [6.45, 7) is -0.606. The molecule has 0 aliphatic rings. The Kier molecular flexibility index (Phi) is 10.6. The topological polar surface area (TPSA) is 183 Å². The maximum absolute atomic E-state index is 11.8. The van der Waals surface area contributed by atoms with Gasteiger partial charge in [-0.1, -0.05) is 10.8 Å². The highest BCUT2D eigenvalue weighted by Gasteiger charge is 2.22. The monoisotopic (exact) mass is 364 g/mol. The number of carbonyl (C=O) groups is 4. The van der Waals surface area contributed by atoms with E-state index < -0.39 is 42.4 Å². The van der Waals surface area contributed by atoms with Crippen molar-refractivity contribution in [2.75, 3.05) is 12.3 Å². The smallest absolute Gasteiger partial charge is 0.322 e. The van der Waals surface area contributed by atoms with Gasteiger partial charge in [0, 0.05) is 23.0 Å². The highest BCUT2D eigenvalue weighted by Crippen LogP contribution is 2.20. The Hall–Kier alpha value is -1.97. The molecule has 6 N–H and O–H groups in total. The van der Waals surface area contributed by atoms with Gasteiger partial charge >= 0.3 is 11.9 Å². The summed E-state index contributed by atoms with van der Waals surface area (Å²) in [4.78, 5) is 44.5. The van der Waals surface area contributed by atoms with Crippen LogP contribution in [-0.4, -0.2) is 58.3 Å². The van der Waals surface area contributed by atoms with Gasteiger partial charge in [-0.05, 0) is 6.42 Å². The van der Waals surface area contributed by atoms with Crippen LogP contribution in [0.5, 0.6) is 0 Å². The Balaban J connectivity index is 4.51. The van der Waals surface area contributed by atoms with Crippen LogP contribution >= 0.6 is 21.6 Å². The number of carboxylic acids is 2. The molecule has 23 heavy (non-hydrogen) atoms. The number of nitrogens with two attached hydrogens (primary N) is 1. The average Bonchev–Trinajstić information content (AvgIpc) is 2.49. The van der Waals surface area contributed by atoms with Crippen LogP contribution in [0.3, 0.4) is 0 Å². The number of carbonyl (C=O) groups excluding carboxylic acids is 2. The number of aliphatic carboxylic acids is 2. The summed E-state index contributed by atoms with van der Waals surface area (Å²) < 4.78 is 0. The van der Waals surface area contributed by atoms with Crippen molar-refractivity contribution < 1.29 is 29.4 Å². The van der Waals surface area contributed by atoms with Gasteiger partial charge in [0.1, 0.15) is 24.0 Å². The fraction of sp³-hybridized carbons (Fsp3) is 0.545. The number of nitriles is 1. The third kappa shape index (κ3) is 10.4. The Morgan fingerprint density at radius 2 is 1.91 bits per heavy atom. The summed E-state index contributed by atoms with van der Waals surface area (Å²) in [5.41, 5.74) is 5.27. The van der Waals surface area contributed by atoms with Gasteiger partial charge in [0.2, 0.25) is 11.8 Å². The number of nitrogens with zero attached hydrogens (tertiary/aromatic N) is 1. The van der Waals surface area contributed by atoms with Crippen LogP contribution in [0.15, 0.2) is 0 Å². The first-order valence-corrected chi connectivity index (χ1v) is 8.54. The largest absolute Gasteiger partial charge is 0.480 e. The van der Waals surface area contributed by atoms with Crippen molar-refractivity contribution in [1.29, 1.82) is 5.26 Å². The van der Waals surface area contributed by atoms with Gasteiger partial charge in [-0.3, -0.25) is 19.2 Å². The molecule has 0 aromatic rings. The van der Waals surface area contributed by atoms with E-state index in [1.165, 1.54) is 0 Å². The van der Waals surface area contributed by atoms with Crippen LogP contribution in [-0.2, 0) is 19.2 Å². The highest BCUT2D eigenvalue weighted by molar-refractivity contribution is 8.78. The van der Waals surface area contributed by atoms with Crippen molar-refractivity contribution in [2.45, 2.75) is 24.9 Å². The molecule has 0 heterocycles. The lowest BCUT2D eigenvalue weighted by atomic mass is 10.1. The standard InChI is InChI=1S/C11H16N4O6S2/c12-5-23-22-4-7(10(19)14-3-9(17)18)15-8(16)2-1-6(13)11(20)21/h6-7H,1-4,13H2,(H,14,19)(H,15,16)(H,17,18)(H,20,21)/t6-,7-/m0/s1. The minimum absolute atomic E-state index is 0.0421. The fourth-order valence-corrected chi connectivity index (χ4v) is 2.54. The van der Waals surface area contributed by atoms with Gasteiger partial charge in [0.25, 0.3) is 0 Å². The maximum atomic E-state index is 11.8. The van der Waals surface area contributed by atoms with E-state index in [-0.39, 0.29) is 18.6 Å². The molecule has 0 saturated heterocycles. The summed E-state index contributed by atoms with van der Waals surface area (Å²) in [5.74, 6) is -3.75. The molecule has 0 fully saturated rings. The summed E-state index contributed by atoms with van der Waals surface area (Å²) in [7, 11) is 1.81. The molecule has 0 radical (unpaired) electrons. The molecule has 2 amide bonds. The first-order valence-electron chi connectivity index (χ1n) is 6.22. The molecule has 12 heteroatoms. The lowest BCUT2D eigenvalue weighted by molar-refractivity contribution is -0.139. The van der Waals surface area contributed by atoms with Crippen LogP contribution in [0, 0.1) is 10.7 Å². The summed E-state index contributed by atoms with van der Waals surface area (Å²) in [6, 6.07) is -2.24. The van der Waals surface area contributed by atoms with Crippen molar-refractivity contribution in [3.63, 3.8) is 0 Å². The maximum Gasteiger partial charge on any atom is 0.322 e. The fourth-order valence-electron chi connectivity index (χ4n) is 1.27. The Bertz CT molecular complexity index is 495. The van der Waals surface area contributed by atoms with Crippen molar-refractivity contribution in [1.82, 2.24) is 10.6 Å². The van der Waals surface area contributed by atoms with Crippen LogP contribution in [0.2, 0.25) is 0 Å². The van der Waals surface area contributed by atoms with Crippen molar-refractivity contribution in [3.8, 4) is 5.40 Å². The highest BCUT2D eigenvalue weighted by atomic mass is 33.1. The molecule has 0 unspecified atom stereocenters. The molecule has 0 aliphatic carbocycles. The lowest BCUT2D eigenvalue weighted by Crippen LogP contribution is -2.49. The van der Waals surface area contributed by atoms with Crippen LogP contribution in [0.1, 0.15) is 12.8 Å². The van der Waals surface area contributed by atoms with E-state index in [9.17, 15) is 19.2 Å². The molecule has 0 bridgehead atoms. The summed E-state index contributed by atoms with van der Waals surface area (Å²) >= 11 is 0. The number of amides is 2. The van der Waals surface area contributed by atoms with Crippen molar-refractivity contribution >= 4 is 45.3 Å². The summed E-state index contributed by atoms with van der Waals surface area (Å²) in [6.07, 6.45) is -0.309. The van der Waals surface area contributed by atoms with Crippen LogP contribution in [0.4, 0.5) is 0 Å². The molecule has 2 atom stereocenters. The zero-order chi connectivity index (χ0) is 17.8. The number of rotatable bonds is 11. The zero-order valence-corrected chi connectivity index (χ0v) is 13.5. The second kappa shape index (κ2) is 11.6. The second-order valence-electron chi connectivity index (χ2n) is 4.17. The molecule has 10 nitrogen and oxygen atoms in total. The van der Waals surface area contributed by atoms with Gasteiger partial charge < -0.3 is 26.6 Å².